The smallest absolute Gasteiger partial charge is 0.0991 e. The highest BCUT2D eigenvalue weighted by molar-refractivity contribution is 5.49. The van der Waals surface area contributed by atoms with Crippen LogP contribution in [0.25, 0.3) is 0 Å². The molecule has 0 bridgehead atoms. The van der Waals surface area contributed by atoms with Crippen LogP contribution in [-0.4, -0.2) is 40.0 Å². The Labute approximate surface area is 140 Å². The zero-order valence-corrected chi connectivity index (χ0v) is 14.2. The quantitative estimate of drug-likeness (QED) is 0.653. The van der Waals surface area contributed by atoms with Gasteiger partial charge in [0, 0.05) is 45.7 Å². The minimum atomic E-state index is 0.684. The molecule has 0 spiro atoms. The fourth-order valence-corrected chi connectivity index (χ4v) is 2.98. The van der Waals surface area contributed by atoms with Crippen LogP contribution in [0.1, 0.15) is 37.7 Å². The van der Waals surface area contributed by atoms with Crippen molar-refractivity contribution in [3.05, 3.63) is 29.8 Å². The van der Waals surface area contributed by atoms with Crippen molar-refractivity contribution in [3.63, 3.8) is 0 Å². The number of nitrogens with zero attached hydrogens (tertiary/aromatic N) is 2. The van der Waals surface area contributed by atoms with Gasteiger partial charge in [0.1, 0.15) is 0 Å². The molecule has 1 saturated heterocycles. The van der Waals surface area contributed by atoms with Gasteiger partial charge in [-0.05, 0) is 62.3 Å². The molecule has 126 valence electrons. The van der Waals surface area contributed by atoms with Gasteiger partial charge in [-0.25, -0.2) is 0 Å². The summed E-state index contributed by atoms with van der Waals surface area (Å²) in [5, 5.41) is 8.85. The molecule has 0 saturated carbocycles. The molecule has 1 aliphatic rings. The van der Waals surface area contributed by atoms with Crippen LogP contribution in [0.4, 0.5) is 5.69 Å². The SMILES string of the molecule is COCCCCCOCC1CCN(c2ccc(C#N)cc2)CC1. The van der Waals surface area contributed by atoms with Gasteiger partial charge in [0.25, 0.3) is 0 Å². The van der Waals surface area contributed by atoms with E-state index >= 15 is 0 Å². The number of benzene rings is 1. The Bertz CT molecular complexity index is 473. The first-order chi connectivity index (χ1) is 11.3. The highest BCUT2D eigenvalue weighted by Gasteiger charge is 2.19. The summed E-state index contributed by atoms with van der Waals surface area (Å²) in [4.78, 5) is 2.41. The molecule has 1 aromatic rings. The van der Waals surface area contributed by atoms with E-state index in [0.717, 1.165) is 51.3 Å². The molecule has 0 aliphatic carbocycles. The van der Waals surface area contributed by atoms with Crippen molar-refractivity contribution in [2.45, 2.75) is 32.1 Å². The Morgan fingerprint density at radius 3 is 2.43 bits per heavy atom. The van der Waals surface area contributed by atoms with Crippen LogP contribution in [0.3, 0.4) is 0 Å². The Balaban J connectivity index is 1.59. The van der Waals surface area contributed by atoms with Gasteiger partial charge in [-0.15, -0.1) is 0 Å². The van der Waals surface area contributed by atoms with E-state index in [-0.39, 0.29) is 0 Å². The molecule has 0 radical (unpaired) electrons. The van der Waals surface area contributed by atoms with Crippen LogP contribution in [0.5, 0.6) is 0 Å². The minimum Gasteiger partial charge on any atom is -0.385 e. The average Bonchev–Trinajstić information content (AvgIpc) is 2.61. The van der Waals surface area contributed by atoms with E-state index < -0.39 is 0 Å². The molecule has 23 heavy (non-hydrogen) atoms. The molecule has 4 heteroatoms. The van der Waals surface area contributed by atoms with Crippen LogP contribution >= 0.6 is 0 Å². The Morgan fingerprint density at radius 2 is 1.78 bits per heavy atom. The summed E-state index contributed by atoms with van der Waals surface area (Å²) in [7, 11) is 1.75. The number of hydrogen-bond acceptors (Lipinski definition) is 4. The van der Waals surface area contributed by atoms with E-state index in [4.69, 9.17) is 14.7 Å². The fourth-order valence-electron chi connectivity index (χ4n) is 2.98. The number of nitriles is 1. The molecule has 1 aliphatic heterocycles. The Kier molecular flexibility index (Phi) is 7.92. The third kappa shape index (κ3) is 6.21. The summed E-state index contributed by atoms with van der Waals surface area (Å²) < 4.78 is 10.9. The first kappa shape index (κ1) is 17.8. The van der Waals surface area contributed by atoms with Crippen LogP contribution in [0, 0.1) is 17.2 Å². The average molecular weight is 316 g/mol. The summed E-state index contributed by atoms with van der Waals surface area (Å²) in [6.45, 7) is 4.78. The normalized spacial score (nSPS) is 15.6. The maximum atomic E-state index is 8.85. The van der Waals surface area contributed by atoms with Crippen molar-refractivity contribution in [2.75, 3.05) is 44.9 Å². The molecule has 0 atom stereocenters. The molecule has 0 amide bonds. The molecule has 1 heterocycles. The number of unbranched alkanes of at least 4 members (excludes halogenated alkanes) is 2. The zero-order chi connectivity index (χ0) is 16.3. The van der Waals surface area contributed by atoms with Crippen molar-refractivity contribution in [1.82, 2.24) is 0 Å². The van der Waals surface area contributed by atoms with Crippen LogP contribution in [0.2, 0.25) is 0 Å². The zero-order valence-electron chi connectivity index (χ0n) is 14.2. The van der Waals surface area contributed by atoms with Crippen molar-refractivity contribution >= 4 is 5.69 Å². The topological polar surface area (TPSA) is 45.5 Å². The second-order valence-corrected chi connectivity index (χ2v) is 6.22. The van der Waals surface area contributed by atoms with Gasteiger partial charge in [-0.2, -0.15) is 5.26 Å². The van der Waals surface area contributed by atoms with Crippen LogP contribution in [-0.2, 0) is 9.47 Å². The summed E-state index contributed by atoms with van der Waals surface area (Å²) in [6, 6.07) is 10.1. The molecule has 0 N–H and O–H groups in total. The van der Waals surface area contributed by atoms with Crippen molar-refractivity contribution in [3.8, 4) is 6.07 Å². The summed E-state index contributed by atoms with van der Waals surface area (Å²) in [5.74, 6) is 0.684. The molecule has 0 unspecified atom stereocenters. The number of hydrogen-bond donors (Lipinski definition) is 0. The van der Waals surface area contributed by atoms with Crippen molar-refractivity contribution in [2.24, 2.45) is 5.92 Å². The number of anilines is 1. The second kappa shape index (κ2) is 10.3. The van der Waals surface area contributed by atoms with Gasteiger partial charge in [0.15, 0.2) is 0 Å². The number of methoxy groups -OCH3 is 1. The van der Waals surface area contributed by atoms with Gasteiger partial charge in [-0.3, -0.25) is 0 Å². The van der Waals surface area contributed by atoms with Gasteiger partial charge < -0.3 is 14.4 Å². The number of piperidine rings is 1. The van der Waals surface area contributed by atoms with Crippen LogP contribution < -0.4 is 4.90 Å². The largest absolute Gasteiger partial charge is 0.385 e. The first-order valence-electron chi connectivity index (χ1n) is 8.65. The summed E-state index contributed by atoms with van der Waals surface area (Å²) in [5.41, 5.74) is 1.95. The Hall–Kier alpha value is -1.57. The maximum Gasteiger partial charge on any atom is 0.0991 e. The van der Waals surface area contributed by atoms with E-state index in [1.807, 2.05) is 12.1 Å². The van der Waals surface area contributed by atoms with E-state index in [0.29, 0.717) is 5.92 Å². The predicted molar refractivity (Wildman–Crippen MR) is 92.6 cm³/mol. The molecule has 1 aromatic carbocycles. The predicted octanol–water partition coefficient (Wildman–Crippen LogP) is 3.61. The van der Waals surface area contributed by atoms with E-state index in [1.54, 1.807) is 7.11 Å². The number of rotatable bonds is 9. The second-order valence-electron chi connectivity index (χ2n) is 6.22. The molecule has 2 rings (SSSR count). The summed E-state index contributed by atoms with van der Waals surface area (Å²) in [6.07, 6.45) is 5.81. The van der Waals surface area contributed by atoms with Gasteiger partial charge in [-0.1, -0.05) is 0 Å². The molecule has 4 nitrogen and oxygen atoms in total. The monoisotopic (exact) mass is 316 g/mol. The molecule has 1 fully saturated rings. The first-order valence-corrected chi connectivity index (χ1v) is 8.65. The maximum absolute atomic E-state index is 8.85. The molecular formula is C19H28N2O2. The standard InChI is InChI=1S/C19H28N2O2/c1-22-13-3-2-4-14-23-16-18-9-11-21(12-10-18)19-7-5-17(15-20)6-8-19/h5-8,18H,2-4,9-14,16H2,1H3. The lowest BCUT2D eigenvalue weighted by atomic mass is 9.97. The molecule has 0 aromatic heterocycles. The lowest BCUT2D eigenvalue weighted by Gasteiger charge is -2.33. The highest BCUT2D eigenvalue weighted by atomic mass is 16.5. The van der Waals surface area contributed by atoms with Gasteiger partial charge >= 0.3 is 0 Å². The fraction of sp³-hybridized carbons (Fsp3) is 0.632. The van der Waals surface area contributed by atoms with E-state index in [2.05, 4.69) is 23.1 Å². The Morgan fingerprint density at radius 1 is 1.09 bits per heavy atom. The lowest BCUT2D eigenvalue weighted by Crippen LogP contribution is -2.35. The van der Waals surface area contributed by atoms with E-state index in [1.165, 1.54) is 24.9 Å². The van der Waals surface area contributed by atoms with Crippen LogP contribution in [0.15, 0.2) is 24.3 Å². The van der Waals surface area contributed by atoms with Gasteiger partial charge in [0.05, 0.1) is 11.6 Å². The summed E-state index contributed by atoms with van der Waals surface area (Å²) >= 11 is 0. The molecular weight excluding hydrogens is 288 g/mol. The minimum absolute atomic E-state index is 0.684. The third-order valence-corrected chi connectivity index (χ3v) is 4.47. The highest BCUT2D eigenvalue weighted by Crippen LogP contribution is 2.23. The lowest BCUT2D eigenvalue weighted by molar-refractivity contribution is 0.0858. The van der Waals surface area contributed by atoms with Crippen molar-refractivity contribution in [1.29, 1.82) is 5.26 Å². The number of ether oxygens (including phenoxy) is 2. The van der Waals surface area contributed by atoms with E-state index in [9.17, 15) is 0 Å². The van der Waals surface area contributed by atoms with Crippen molar-refractivity contribution < 1.29 is 9.47 Å². The third-order valence-electron chi connectivity index (χ3n) is 4.47. The van der Waals surface area contributed by atoms with Gasteiger partial charge in [0.2, 0.25) is 0 Å².